The normalized spacial score (nSPS) is 26.3. The standard InChI is InChI=1S/C14H20FNO/c1-9-6-10(2)16(8-9)14-5-4-12(15)7-13(14)11(3)17/h4-5,7,9-11,17H,6,8H2,1-3H3/t9?,10?,11-/m0/s1. The summed E-state index contributed by atoms with van der Waals surface area (Å²) in [4.78, 5) is 2.27. The molecule has 0 saturated carbocycles. The highest BCUT2D eigenvalue weighted by molar-refractivity contribution is 5.56. The van der Waals surface area contributed by atoms with Gasteiger partial charge in [-0.3, -0.25) is 0 Å². The van der Waals surface area contributed by atoms with Crippen molar-refractivity contribution in [2.75, 3.05) is 11.4 Å². The average Bonchev–Trinajstić information content (AvgIpc) is 2.57. The molecule has 0 aromatic heterocycles. The minimum absolute atomic E-state index is 0.287. The molecule has 2 rings (SSSR count). The second-order valence-corrected chi connectivity index (χ2v) is 5.22. The van der Waals surface area contributed by atoms with Crippen LogP contribution in [0.1, 0.15) is 38.9 Å². The highest BCUT2D eigenvalue weighted by Gasteiger charge is 2.28. The lowest BCUT2D eigenvalue weighted by atomic mass is 10.1. The Morgan fingerprint density at radius 3 is 2.65 bits per heavy atom. The molecule has 17 heavy (non-hydrogen) atoms. The van der Waals surface area contributed by atoms with Crippen LogP contribution in [-0.2, 0) is 0 Å². The molecule has 0 spiro atoms. The molecule has 1 N–H and O–H groups in total. The van der Waals surface area contributed by atoms with Crippen LogP contribution in [0, 0.1) is 11.7 Å². The van der Waals surface area contributed by atoms with Crippen molar-refractivity contribution in [3.63, 3.8) is 0 Å². The topological polar surface area (TPSA) is 23.5 Å². The Morgan fingerprint density at radius 1 is 1.41 bits per heavy atom. The van der Waals surface area contributed by atoms with Crippen LogP contribution in [0.5, 0.6) is 0 Å². The van der Waals surface area contributed by atoms with E-state index in [-0.39, 0.29) is 5.82 Å². The van der Waals surface area contributed by atoms with Crippen molar-refractivity contribution in [3.05, 3.63) is 29.6 Å². The van der Waals surface area contributed by atoms with Gasteiger partial charge in [-0.25, -0.2) is 4.39 Å². The Morgan fingerprint density at radius 2 is 2.12 bits per heavy atom. The summed E-state index contributed by atoms with van der Waals surface area (Å²) in [6, 6.07) is 5.14. The van der Waals surface area contributed by atoms with Gasteiger partial charge in [0.15, 0.2) is 0 Å². The average molecular weight is 237 g/mol. The molecular weight excluding hydrogens is 217 g/mol. The molecule has 1 aromatic rings. The summed E-state index contributed by atoms with van der Waals surface area (Å²) in [5.41, 5.74) is 1.66. The SMILES string of the molecule is CC1CC(C)N(c2ccc(F)cc2[C@H](C)O)C1. The predicted octanol–water partition coefficient (Wildman–Crippen LogP) is 3.11. The number of hydrogen-bond donors (Lipinski definition) is 1. The van der Waals surface area contributed by atoms with E-state index in [0.29, 0.717) is 17.5 Å². The van der Waals surface area contributed by atoms with Crippen molar-refractivity contribution in [2.45, 2.75) is 39.3 Å². The van der Waals surface area contributed by atoms with Gasteiger partial charge in [-0.1, -0.05) is 6.92 Å². The Kier molecular flexibility index (Phi) is 3.38. The van der Waals surface area contributed by atoms with E-state index < -0.39 is 6.10 Å². The quantitative estimate of drug-likeness (QED) is 0.854. The Balaban J connectivity index is 2.38. The first-order valence-electron chi connectivity index (χ1n) is 6.23. The number of aliphatic hydroxyl groups excluding tert-OH is 1. The van der Waals surface area contributed by atoms with Gasteiger partial charge in [-0.2, -0.15) is 0 Å². The molecule has 3 atom stereocenters. The van der Waals surface area contributed by atoms with Crippen molar-refractivity contribution in [3.8, 4) is 0 Å². The number of aliphatic hydroxyl groups is 1. The van der Waals surface area contributed by atoms with Crippen molar-refractivity contribution in [2.24, 2.45) is 5.92 Å². The van der Waals surface area contributed by atoms with E-state index in [1.807, 2.05) is 0 Å². The summed E-state index contributed by atoms with van der Waals surface area (Å²) >= 11 is 0. The monoisotopic (exact) mass is 237 g/mol. The lowest BCUT2D eigenvalue weighted by Crippen LogP contribution is -2.28. The predicted molar refractivity (Wildman–Crippen MR) is 67.6 cm³/mol. The number of anilines is 1. The summed E-state index contributed by atoms with van der Waals surface area (Å²) in [7, 11) is 0. The third-order valence-electron chi connectivity index (χ3n) is 3.53. The summed E-state index contributed by atoms with van der Waals surface area (Å²) in [6.45, 7) is 7.07. The first-order chi connectivity index (χ1) is 7.99. The van der Waals surface area contributed by atoms with Crippen molar-refractivity contribution in [1.29, 1.82) is 0 Å². The highest BCUT2D eigenvalue weighted by Crippen LogP contribution is 2.34. The second kappa shape index (κ2) is 4.65. The molecule has 94 valence electrons. The smallest absolute Gasteiger partial charge is 0.123 e. The second-order valence-electron chi connectivity index (χ2n) is 5.22. The highest BCUT2D eigenvalue weighted by atomic mass is 19.1. The molecule has 0 amide bonds. The Bertz CT molecular complexity index is 405. The van der Waals surface area contributed by atoms with Crippen molar-refractivity contribution < 1.29 is 9.50 Å². The van der Waals surface area contributed by atoms with E-state index in [1.54, 1.807) is 13.0 Å². The first kappa shape index (κ1) is 12.4. The van der Waals surface area contributed by atoms with Gasteiger partial charge < -0.3 is 10.0 Å². The van der Waals surface area contributed by atoms with E-state index in [4.69, 9.17) is 0 Å². The Hall–Kier alpha value is -1.09. The molecule has 0 bridgehead atoms. The van der Waals surface area contributed by atoms with Crippen LogP contribution >= 0.6 is 0 Å². The maximum atomic E-state index is 13.2. The summed E-state index contributed by atoms with van der Waals surface area (Å²) in [5, 5.41) is 9.75. The third-order valence-corrected chi connectivity index (χ3v) is 3.53. The van der Waals surface area contributed by atoms with Gasteiger partial charge in [0, 0.05) is 23.8 Å². The van der Waals surface area contributed by atoms with Crippen LogP contribution in [-0.4, -0.2) is 17.7 Å². The molecule has 1 aliphatic rings. The maximum absolute atomic E-state index is 13.2. The van der Waals surface area contributed by atoms with Gasteiger partial charge >= 0.3 is 0 Å². The molecule has 1 fully saturated rings. The number of hydrogen-bond acceptors (Lipinski definition) is 2. The molecule has 0 radical (unpaired) electrons. The lowest BCUT2D eigenvalue weighted by molar-refractivity contribution is 0.199. The molecule has 2 nitrogen and oxygen atoms in total. The molecule has 3 heteroatoms. The molecule has 2 unspecified atom stereocenters. The van der Waals surface area contributed by atoms with Crippen LogP contribution in [0.15, 0.2) is 18.2 Å². The van der Waals surface area contributed by atoms with Gasteiger partial charge in [0.25, 0.3) is 0 Å². The zero-order chi connectivity index (χ0) is 12.6. The lowest BCUT2D eigenvalue weighted by Gasteiger charge is -2.27. The van der Waals surface area contributed by atoms with E-state index >= 15 is 0 Å². The summed E-state index contributed by atoms with van der Waals surface area (Å²) < 4.78 is 13.2. The van der Waals surface area contributed by atoms with E-state index in [2.05, 4.69) is 18.7 Å². The number of rotatable bonds is 2. The Labute approximate surface area is 102 Å². The van der Waals surface area contributed by atoms with Crippen LogP contribution in [0.25, 0.3) is 0 Å². The van der Waals surface area contributed by atoms with Crippen LogP contribution in [0.3, 0.4) is 0 Å². The van der Waals surface area contributed by atoms with E-state index in [0.717, 1.165) is 18.7 Å². The summed E-state index contributed by atoms with van der Waals surface area (Å²) in [5.74, 6) is 0.362. The molecule has 1 saturated heterocycles. The van der Waals surface area contributed by atoms with Crippen LogP contribution in [0.4, 0.5) is 10.1 Å². The van der Waals surface area contributed by atoms with Gasteiger partial charge in [-0.15, -0.1) is 0 Å². The van der Waals surface area contributed by atoms with Gasteiger partial charge in [0.05, 0.1) is 6.10 Å². The van der Waals surface area contributed by atoms with E-state index in [1.165, 1.54) is 12.1 Å². The number of halogens is 1. The van der Waals surface area contributed by atoms with Gasteiger partial charge in [0.1, 0.15) is 5.82 Å². The largest absolute Gasteiger partial charge is 0.389 e. The van der Waals surface area contributed by atoms with Gasteiger partial charge in [-0.05, 0) is 44.4 Å². The van der Waals surface area contributed by atoms with Crippen LogP contribution in [0.2, 0.25) is 0 Å². The first-order valence-corrected chi connectivity index (χ1v) is 6.23. The number of nitrogens with zero attached hydrogens (tertiary/aromatic N) is 1. The fourth-order valence-corrected chi connectivity index (χ4v) is 2.76. The van der Waals surface area contributed by atoms with E-state index in [9.17, 15) is 9.50 Å². The fraction of sp³-hybridized carbons (Fsp3) is 0.571. The zero-order valence-corrected chi connectivity index (χ0v) is 10.7. The minimum Gasteiger partial charge on any atom is -0.389 e. The third kappa shape index (κ3) is 2.44. The minimum atomic E-state index is -0.635. The molecule has 1 aliphatic heterocycles. The van der Waals surface area contributed by atoms with Crippen molar-refractivity contribution >= 4 is 5.69 Å². The molecule has 0 aliphatic carbocycles. The van der Waals surface area contributed by atoms with Gasteiger partial charge in [0.2, 0.25) is 0 Å². The molecular formula is C14H20FNO. The zero-order valence-electron chi connectivity index (χ0n) is 10.7. The number of benzene rings is 1. The molecule has 1 aromatic carbocycles. The summed E-state index contributed by atoms with van der Waals surface area (Å²) in [6.07, 6.45) is 0.514. The maximum Gasteiger partial charge on any atom is 0.123 e. The molecule has 1 heterocycles. The fourth-order valence-electron chi connectivity index (χ4n) is 2.76. The van der Waals surface area contributed by atoms with Crippen molar-refractivity contribution in [1.82, 2.24) is 0 Å². The van der Waals surface area contributed by atoms with Crippen LogP contribution < -0.4 is 4.90 Å².